The predicted molar refractivity (Wildman–Crippen MR) is 43.6 cm³/mol. The average Bonchev–Trinajstić information content (AvgIpc) is 2.01. The first-order valence-electron chi connectivity index (χ1n) is 4.45. The van der Waals surface area contributed by atoms with Gasteiger partial charge >= 0.3 is 0 Å². The Morgan fingerprint density at radius 2 is 2.25 bits per heavy atom. The number of carbonyl (C=O) groups is 1. The lowest BCUT2D eigenvalue weighted by Crippen LogP contribution is -2.57. The third kappa shape index (κ3) is 1.32. The number of hydrogen-bond donors (Lipinski definition) is 2. The summed E-state index contributed by atoms with van der Waals surface area (Å²) in [6.07, 6.45) is 1.37. The van der Waals surface area contributed by atoms with Crippen LogP contribution in [0.25, 0.3) is 0 Å². The zero-order valence-corrected chi connectivity index (χ0v) is 6.99. The molecule has 0 radical (unpaired) electrons. The van der Waals surface area contributed by atoms with Crippen LogP contribution < -0.4 is 5.32 Å². The molecule has 4 heteroatoms. The summed E-state index contributed by atoms with van der Waals surface area (Å²) in [6, 6.07) is 0.314. The van der Waals surface area contributed by atoms with Gasteiger partial charge in [0, 0.05) is 19.1 Å². The molecular weight excluding hydrogens is 156 g/mol. The number of rotatable bonds is 1. The van der Waals surface area contributed by atoms with Gasteiger partial charge in [0.2, 0.25) is 5.91 Å². The molecule has 0 aromatic rings. The number of hydrogen-bond acceptors (Lipinski definition) is 3. The van der Waals surface area contributed by atoms with Gasteiger partial charge < -0.3 is 15.3 Å². The summed E-state index contributed by atoms with van der Waals surface area (Å²) in [5.41, 5.74) is 0. The molecule has 0 aromatic heterocycles. The lowest BCUT2D eigenvalue weighted by atomic mass is 9.87. The Kier molecular flexibility index (Phi) is 2.02. The van der Waals surface area contributed by atoms with E-state index < -0.39 is 0 Å². The van der Waals surface area contributed by atoms with Crippen molar-refractivity contribution >= 4 is 5.91 Å². The summed E-state index contributed by atoms with van der Waals surface area (Å²) >= 11 is 0. The molecule has 1 aliphatic carbocycles. The van der Waals surface area contributed by atoms with Crippen molar-refractivity contribution in [3.05, 3.63) is 0 Å². The van der Waals surface area contributed by atoms with Crippen LogP contribution in [0, 0.1) is 0 Å². The molecule has 1 saturated carbocycles. The van der Waals surface area contributed by atoms with Crippen LogP contribution >= 0.6 is 0 Å². The van der Waals surface area contributed by atoms with Gasteiger partial charge in [-0.3, -0.25) is 4.79 Å². The van der Waals surface area contributed by atoms with Gasteiger partial charge in [0.25, 0.3) is 0 Å². The first-order valence-corrected chi connectivity index (χ1v) is 4.45. The number of amides is 1. The fourth-order valence-corrected chi connectivity index (χ4v) is 1.82. The Hall–Kier alpha value is -0.610. The van der Waals surface area contributed by atoms with Crippen LogP contribution in [0.15, 0.2) is 0 Å². The lowest BCUT2D eigenvalue weighted by Gasteiger charge is -2.42. The maximum Gasteiger partial charge on any atom is 0.236 e. The first kappa shape index (κ1) is 8.01. The van der Waals surface area contributed by atoms with Crippen molar-refractivity contribution in [3.8, 4) is 0 Å². The van der Waals surface area contributed by atoms with E-state index in [-0.39, 0.29) is 12.0 Å². The topological polar surface area (TPSA) is 52.6 Å². The second kappa shape index (κ2) is 3.03. The third-order valence-corrected chi connectivity index (χ3v) is 2.66. The van der Waals surface area contributed by atoms with Crippen LogP contribution in [0.2, 0.25) is 0 Å². The zero-order chi connectivity index (χ0) is 8.55. The SMILES string of the molecule is O=C1CNCCN1[C@H]1C[C@H](O)C1. The Morgan fingerprint density at radius 3 is 2.83 bits per heavy atom. The molecule has 2 aliphatic rings. The molecule has 4 nitrogen and oxygen atoms in total. The molecule has 0 unspecified atom stereocenters. The van der Waals surface area contributed by atoms with Crippen LogP contribution in [0.5, 0.6) is 0 Å². The van der Waals surface area contributed by atoms with Crippen LogP contribution in [-0.2, 0) is 4.79 Å². The maximum atomic E-state index is 11.3. The van der Waals surface area contributed by atoms with Crippen LogP contribution in [-0.4, -0.2) is 47.7 Å². The van der Waals surface area contributed by atoms with Crippen LogP contribution in [0.3, 0.4) is 0 Å². The normalized spacial score (nSPS) is 36.4. The fraction of sp³-hybridized carbons (Fsp3) is 0.875. The van der Waals surface area contributed by atoms with Crippen molar-refractivity contribution in [1.82, 2.24) is 10.2 Å². The van der Waals surface area contributed by atoms with Crippen molar-refractivity contribution in [2.75, 3.05) is 19.6 Å². The molecule has 1 heterocycles. The lowest BCUT2D eigenvalue weighted by molar-refractivity contribution is -0.138. The molecule has 2 N–H and O–H groups in total. The highest BCUT2D eigenvalue weighted by atomic mass is 16.3. The van der Waals surface area contributed by atoms with Gasteiger partial charge in [-0.05, 0) is 12.8 Å². The molecule has 0 spiro atoms. The highest BCUT2D eigenvalue weighted by molar-refractivity contribution is 5.79. The number of aliphatic hydroxyl groups excluding tert-OH is 1. The van der Waals surface area contributed by atoms with Crippen molar-refractivity contribution < 1.29 is 9.90 Å². The van der Waals surface area contributed by atoms with Gasteiger partial charge in [-0.1, -0.05) is 0 Å². The summed E-state index contributed by atoms with van der Waals surface area (Å²) in [5, 5.41) is 12.1. The van der Waals surface area contributed by atoms with Crippen molar-refractivity contribution in [3.63, 3.8) is 0 Å². The van der Waals surface area contributed by atoms with E-state index in [0.717, 1.165) is 25.9 Å². The van der Waals surface area contributed by atoms with E-state index in [9.17, 15) is 4.79 Å². The summed E-state index contributed by atoms with van der Waals surface area (Å²) in [6.45, 7) is 2.15. The zero-order valence-electron chi connectivity index (χ0n) is 6.99. The Balaban J connectivity index is 1.89. The van der Waals surface area contributed by atoms with Crippen molar-refractivity contribution in [2.24, 2.45) is 0 Å². The van der Waals surface area contributed by atoms with E-state index in [2.05, 4.69) is 5.32 Å². The van der Waals surface area contributed by atoms with Crippen LogP contribution in [0.1, 0.15) is 12.8 Å². The standard InChI is InChI=1S/C8H14N2O2/c11-7-3-6(4-7)10-2-1-9-5-8(10)12/h6-7,9,11H,1-5H2/t6-,7-. The van der Waals surface area contributed by atoms with E-state index in [1.165, 1.54) is 0 Å². The second-order valence-corrected chi connectivity index (χ2v) is 3.54. The minimum absolute atomic E-state index is 0.169. The highest BCUT2D eigenvalue weighted by Gasteiger charge is 2.35. The maximum absolute atomic E-state index is 11.3. The Labute approximate surface area is 71.5 Å². The fourth-order valence-electron chi connectivity index (χ4n) is 1.82. The van der Waals surface area contributed by atoms with Gasteiger partial charge in [0.05, 0.1) is 12.6 Å². The molecule has 2 rings (SSSR count). The monoisotopic (exact) mass is 170 g/mol. The van der Waals surface area contributed by atoms with E-state index in [1.807, 2.05) is 4.90 Å². The van der Waals surface area contributed by atoms with E-state index >= 15 is 0 Å². The van der Waals surface area contributed by atoms with Crippen molar-refractivity contribution in [1.29, 1.82) is 0 Å². The third-order valence-electron chi connectivity index (χ3n) is 2.66. The number of aliphatic hydroxyl groups is 1. The quantitative estimate of drug-likeness (QED) is 0.527. The smallest absolute Gasteiger partial charge is 0.236 e. The van der Waals surface area contributed by atoms with Gasteiger partial charge in [-0.25, -0.2) is 0 Å². The largest absolute Gasteiger partial charge is 0.393 e. The van der Waals surface area contributed by atoms with Crippen molar-refractivity contribution in [2.45, 2.75) is 25.0 Å². The van der Waals surface area contributed by atoms with Gasteiger partial charge in [0.1, 0.15) is 0 Å². The van der Waals surface area contributed by atoms with Gasteiger partial charge in [0.15, 0.2) is 0 Å². The molecule has 0 aromatic carbocycles. The molecule has 0 bridgehead atoms. The Morgan fingerprint density at radius 1 is 1.50 bits per heavy atom. The van der Waals surface area contributed by atoms with Gasteiger partial charge in [-0.2, -0.15) is 0 Å². The number of nitrogens with one attached hydrogen (secondary N) is 1. The molecule has 2 fully saturated rings. The van der Waals surface area contributed by atoms with E-state index in [1.54, 1.807) is 0 Å². The highest BCUT2D eigenvalue weighted by Crippen LogP contribution is 2.25. The molecule has 12 heavy (non-hydrogen) atoms. The predicted octanol–water partition coefficient (Wildman–Crippen LogP) is -1.06. The Bertz CT molecular complexity index is 189. The number of piperazine rings is 1. The summed E-state index contributed by atoms with van der Waals surface area (Å²) < 4.78 is 0. The first-order chi connectivity index (χ1) is 5.77. The molecular formula is C8H14N2O2. The minimum Gasteiger partial charge on any atom is -0.393 e. The molecule has 1 aliphatic heterocycles. The molecule has 68 valence electrons. The molecule has 1 amide bonds. The summed E-state index contributed by atoms with van der Waals surface area (Å²) in [7, 11) is 0. The van der Waals surface area contributed by atoms with E-state index in [4.69, 9.17) is 5.11 Å². The molecule has 0 atom stereocenters. The minimum atomic E-state index is -0.169. The van der Waals surface area contributed by atoms with E-state index in [0.29, 0.717) is 12.6 Å². The van der Waals surface area contributed by atoms with Crippen LogP contribution in [0.4, 0.5) is 0 Å². The average molecular weight is 170 g/mol. The second-order valence-electron chi connectivity index (χ2n) is 3.54. The summed E-state index contributed by atoms with van der Waals surface area (Å²) in [5.74, 6) is 0.179. The number of carbonyl (C=O) groups excluding carboxylic acids is 1. The molecule has 1 saturated heterocycles. The van der Waals surface area contributed by atoms with Gasteiger partial charge in [-0.15, -0.1) is 0 Å². The summed E-state index contributed by atoms with van der Waals surface area (Å²) in [4.78, 5) is 13.2. The number of nitrogens with zero attached hydrogens (tertiary/aromatic N) is 1.